The number of nitrogens with zero attached hydrogens (tertiary/aromatic N) is 6. The Labute approximate surface area is 209 Å². The number of ether oxygens (including phenoxy) is 1. The molecule has 1 amide bonds. The summed E-state index contributed by atoms with van der Waals surface area (Å²) in [5, 5.41) is 20.8. The highest BCUT2D eigenvalue weighted by atomic mass is 19.4. The van der Waals surface area contributed by atoms with Crippen molar-refractivity contribution >= 4 is 17.5 Å². The van der Waals surface area contributed by atoms with Crippen molar-refractivity contribution in [3.63, 3.8) is 0 Å². The average molecular weight is 519 g/mol. The normalized spacial score (nSPS) is 13.1. The predicted octanol–water partition coefficient (Wildman–Crippen LogP) is 2.97. The molecular formula is C23H25F3N8O3. The lowest BCUT2D eigenvalue weighted by Crippen LogP contribution is -2.46. The summed E-state index contributed by atoms with van der Waals surface area (Å²) in [6, 6.07) is 3.95. The molecule has 4 heterocycles. The monoisotopic (exact) mass is 518 g/mol. The molecule has 0 saturated carbocycles. The Kier molecular flexibility index (Phi) is 6.78. The van der Waals surface area contributed by atoms with E-state index in [-0.39, 0.29) is 29.8 Å². The number of fused-ring (bicyclic) bond motifs is 1. The molecule has 0 saturated heterocycles. The van der Waals surface area contributed by atoms with E-state index in [4.69, 9.17) is 5.73 Å². The smallest absolute Gasteiger partial charge is 0.394 e. The van der Waals surface area contributed by atoms with Gasteiger partial charge in [0, 0.05) is 35.8 Å². The van der Waals surface area contributed by atoms with Crippen LogP contribution in [0, 0.1) is 0 Å². The molecule has 0 bridgehead atoms. The zero-order valence-corrected chi connectivity index (χ0v) is 20.2. The van der Waals surface area contributed by atoms with Gasteiger partial charge in [-0.05, 0) is 38.0 Å². The number of carbonyl (C=O) groups excluding carboxylic acids is 1. The lowest BCUT2D eigenvalue weighted by atomic mass is 10.0. The third-order valence-electron chi connectivity index (χ3n) is 5.55. The van der Waals surface area contributed by atoms with Gasteiger partial charge < -0.3 is 20.9 Å². The van der Waals surface area contributed by atoms with Crippen LogP contribution in [0.15, 0.2) is 43.0 Å². The van der Waals surface area contributed by atoms with Crippen molar-refractivity contribution in [2.45, 2.75) is 45.1 Å². The Bertz CT molecular complexity index is 1410. The first-order valence-corrected chi connectivity index (χ1v) is 11.2. The van der Waals surface area contributed by atoms with Gasteiger partial charge in [-0.3, -0.25) is 9.48 Å². The molecule has 4 rings (SSSR count). The van der Waals surface area contributed by atoms with Gasteiger partial charge in [0.1, 0.15) is 0 Å². The van der Waals surface area contributed by atoms with E-state index in [1.54, 1.807) is 43.2 Å². The number of aliphatic hydroxyl groups is 1. The quantitative estimate of drug-likeness (QED) is 0.323. The van der Waals surface area contributed by atoms with Gasteiger partial charge in [-0.15, -0.1) is 18.3 Å². The first kappa shape index (κ1) is 25.9. The largest absolute Gasteiger partial charge is 0.574 e. The van der Waals surface area contributed by atoms with Crippen LogP contribution in [-0.4, -0.2) is 58.9 Å². The van der Waals surface area contributed by atoms with Gasteiger partial charge in [-0.25, -0.2) is 9.50 Å². The number of amides is 1. The Hall–Kier alpha value is -4.20. The molecule has 0 aliphatic carbocycles. The Balaban J connectivity index is 1.67. The van der Waals surface area contributed by atoms with Gasteiger partial charge in [-0.2, -0.15) is 10.1 Å². The van der Waals surface area contributed by atoms with Crippen molar-refractivity contribution in [3.8, 4) is 17.0 Å². The number of hydrogen-bond donors (Lipinski definition) is 3. The van der Waals surface area contributed by atoms with Crippen molar-refractivity contribution in [1.82, 2.24) is 34.7 Å². The van der Waals surface area contributed by atoms with E-state index in [9.17, 15) is 23.1 Å². The van der Waals surface area contributed by atoms with Crippen molar-refractivity contribution in [1.29, 1.82) is 0 Å². The standard InChI is InChI=1S/C23H25F3N8O3/c1-4-17(13-5-6-18(28-8-13)37-23(24,25)26)33-11-15(9-29-33)14-7-16(20(36)31-22(2,3)12-35)19-30-21(27)32-34(19)10-14/h5-11,17,35H,4,12H2,1-3H3,(H2,27,32)(H,31,36). The highest BCUT2D eigenvalue weighted by Gasteiger charge is 2.32. The van der Waals surface area contributed by atoms with E-state index >= 15 is 0 Å². The maximum absolute atomic E-state index is 13.0. The maximum Gasteiger partial charge on any atom is 0.574 e. The highest BCUT2D eigenvalue weighted by Crippen LogP contribution is 2.28. The number of rotatable bonds is 8. The van der Waals surface area contributed by atoms with Crippen LogP contribution >= 0.6 is 0 Å². The fourth-order valence-electron chi connectivity index (χ4n) is 3.74. The summed E-state index contributed by atoms with van der Waals surface area (Å²) in [6.07, 6.45) is 2.05. The molecule has 0 fully saturated rings. The van der Waals surface area contributed by atoms with Gasteiger partial charge in [-0.1, -0.05) is 6.92 Å². The molecule has 4 aromatic heterocycles. The summed E-state index contributed by atoms with van der Waals surface area (Å²) < 4.78 is 44.2. The summed E-state index contributed by atoms with van der Waals surface area (Å²) >= 11 is 0. The number of halogens is 3. The Morgan fingerprint density at radius 2 is 1.97 bits per heavy atom. The van der Waals surface area contributed by atoms with Gasteiger partial charge in [0.2, 0.25) is 11.8 Å². The molecule has 196 valence electrons. The maximum atomic E-state index is 13.0. The number of anilines is 1. The summed E-state index contributed by atoms with van der Waals surface area (Å²) in [5.41, 5.74) is 7.22. The highest BCUT2D eigenvalue weighted by molar-refractivity contribution is 6.01. The lowest BCUT2D eigenvalue weighted by molar-refractivity contribution is -0.276. The predicted molar refractivity (Wildman–Crippen MR) is 127 cm³/mol. The molecule has 0 aliphatic rings. The molecule has 0 aliphatic heterocycles. The molecular weight excluding hydrogens is 493 g/mol. The fourth-order valence-corrected chi connectivity index (χ4v) is 3.74. The third kappa shape index (κ3) is 5.80. The van der Waals surface area contributed by atoms with E-state index in [0.29, 0.717) is 23.1 Å². The number of nitrogens with two attached hydrogens (primary N) is 1. The minimum Gasteiger partial charge on any atom is -0.394 e. The van der Waals surface area contributed by atoms with Gasteiger partial charge >= 0.3 is 6.36 Å². The van der Waals surface area contributed by atoms with E-state index in [2.05, 4.69) is 30.2 Å². The van der Waals surface area contributed by atoms with Crippen LogP contribution in [0.4, 0.5) is 19.1 Å². The van der Waals surface area contributed by atoms with Crippen molar-refractivity contribution < 1.29 is 27.8 Å². The molecule has 1 atom stereocenters. The molecule has 11 nitrogen and oxygen atoms in total. The molecule has 0 radical (unpaired) electrons. The first-order valence-electron chi connectivity index (χ1n) is 11.2. The molecule has 37 heavy (non-hydrogen) atoms. The Morgan fingerprint density at radius 1 is 1.22 bits per heavy atom. The van der Waals surface area contributed by atoms with E-state index in [1.165, 1.54) is 16.8 Å². The fraction of sp³-hybridized carbons (Fsp3) is 0.348. The SMILES string of the molecule is CCC(c1ccc(OC(F)(F)F)nc1)n1cc(-c2cc(C(=O)NC(C)(C)CO)c3nc(N)nn3c2)cn1. The van der Waals surface area contributed by atoms with Crippen molar-refractivity contribution in [2.24, 2.45) is 0 Å². The number of pyridine rings is 2. The number of alkyl halides is 3. The second kappa shape index (κ2) is 9.69. The molecule has 0 aromatic carbocycles. The van der Waals surface area contributed by atoms with Crippen LogP contribution in [0.25, 0.3) is 16.8 Å². The topological polar surface area (TPSA) is 145 Å². The van der Waals surface area contributed by atoms with Crippen LogP contribution in [0.1, 0.15) is 49.2 Å². The summed E-state index contributed by atoms with van der Waals surface area (Å²) in [6.45, 7) is 4.99. The van der Waals surface area contributed by atoms with Crippen molar-refractivity contribution in [3.05, 3.63) is 54.1 Å². The number of nitrogens with one attached hydrogen (secondary N) is 1. The molecule has 0 spiro atoms. The minimum absolute atomic E-state index is 0.0141. The number of carbonyl (C=O) groups is 1. The molecule has 4 aromatic rings. The van der Waals surface area contributed by atoms with Crippen LogP contribution in [-0.2, 0) is 0 Å². The number of nitrogen functional groups attached to an aromatic ring is 1. The molecule has 4 N–H and O–H groups in total. The third-order valence-corrected chi connectivity index (χ3v) is 5.55. The van der Waals surface area contributed by atoms with E-state index in [1.807, 2.05) is 6.92 Å². The Morgan fingerprint density at radius 3 is 2.59 bits per heavy atom. The summed E-state index contributed by atoms with van der Waals surface area (Å²) in [5.74, 6) is -1.04. The van der Waals surface area contributed by atoms with Crippen LogP contribution < -0.4 is 15.8 Å². The molecule has 1 unspecified atom stereocenters. The number of aromatic nitrogens is 6. The average Bonchev–Trinajstić information content (AvgIpc) is 3.45. The lowest BCUT2D eigenvalue weighted by Gasteiger charge is -2.23. The van der Waals surface area contributed by atoms with Gasteiger partial charge in [0.25, 0.3) is 5.91 Å². The number of aliphatic hydroxyl groups excluding tert-OH is 1. The van der Waals surface area contributed by atoms with Crippen molar-refractivity contribution in [2.75, 3.05) is 12.3 Å². The van der Waals surface area contributed by atoms with Gasteiger partial charge in [0.15, 0.2) is 5.65 Å². The van der Waals surface area contributed by atoms with E-state index < -0.39 is 23.7 Å². The molecule has 14 heteroatoms. The van der Waals surface area contributed by atoms with Gasteiger partial charge in [0.05, 0.1) is 29.9 Å². The first-order chi connectivity index (χ1) is 17.4. The zero-order chi connectivity index (χ0) is 27.0. The van der Waals surface area contributed by atoms with Crippen LogP contribution in [0.5, 0.6) is 5.88 Å². The minimum atomic E-state index is -4.82. The van der Waals surface area contributed by atoms with Crippen LogP contribution in [0.3, 0.4) is 0 Å². The summed E-state index contributed by atoms with van der Waals surface area (Å²) in [4.78, 5) is 20.9. The van der Waals surface area contributed by atoms with E-state index in [0.717, 1.165) is 6.07 Å². The zero-order valence-electron chi connectivity index (χ0n) is 20.2. The summed E-state index contributed by atoms with van der Waals surface area (Å²) in [7, 11) is 0. The second-order valence-corrected chi connectivity index (χ2v) is 8.99. The second-order valence-electron chi connectivity index (χ2n) is 8.99. The number of hydrogen-bond acceptors (Lipinski definition) is 8. The van der Waals surface area contributed by atoms with Crippen LogP contribution in [0.2, 0.25) is 0 Å².